The van der Waals surface area contributed by atoms with Crippen LogP contribution < -0.4 is 5.32 Å². The minimum atomic E-state index is -2.54. The fourth-order valence-electron chi connectivity index (χ4n) is 2.05. The van der Waals surface area contributed by atoms with E-state index in [9.17, 15) is 13.6 Å². The van der Waals surface area contributed by atoms with Gasteiger partial charge in [-0.2, -0.15) is 10.4 Å². The molecule has 0 atom stereocenters. The van der Waals surface area contributed by atoms with Gasteiger partial charge in [0.05, 0.1) is 11.4 Å². The highest BCUT2D eigenvalue weighted by molar-refractivity contribution is 6.01. The molecule has 2 rings (SSSR count). The Morgan fingerprint density at radius 1 is 1.64 bits per heavy atom. The van der Waals surface area contributed by atoms with E-state index < -0.39 is 18.9 Å². The highest BCUT2D eigenvalue weighted by Gasteiger charge is 2.27. The van der Waals surface area contributed by atoms with Crippen LogP contribution >= 0.6 is 0 Å². The summed E-state index contributed by atoms with van der Waals surface area (Å²) < 4.78 is 26.5. The summed E-state index contributed by atoms with van der Waals surface area (Å²) in [5.74, 6) is -0.187. The third kappa shape index (κ3) is 4.13. The van der Waals surface area contributed by atoms with Crippen LogP contribution in [-0.2, 0) is 11.3 Å². The zero-order valence-electron chi connectivity index (χ0n) is 12.4. The van der Waals surface area contributed by atoms with Gasteiger partial charge in [0, 0.05) is 12.5 Å². The Hall–Kier alpha value is -2.23. The molecule has 1 heterocycles. The lowest BCUT2D eigenvalue weighted by Gasteiger charge is -2.05. The van der Waals surface area contributed by atoms with Gasteiger partial charge >= 0.3 is 0 Å². The van der Waals surface area contributed by atoms with Crippen LogP contribution in [0.5, 0.6) is 0 Å². The highest BCUT2D eigenvalue weighted by atomic mass is 19.3. The number of hydrogen-bond acceptors (Lipinski definition) is 3. The van der Waals surface area contributed by atoms with E-state index in [-0.39, 0.29) is 5.57 Å². The third-order valence-corrected chi connectivity index (χ3v) is 3.33. The van der Waals surface area contributed by atoms with E-state index in [1.54, 1.807) is 6.07 Å². The predicted octanol–water partition coefficient (Wildman–Crippen LogP) is 2.46. The summed E-state index contributed by atoms with van der Waals surface area (Å²) in [5.41, 5.74) is 1.01. The molecular weight excluding hydrogens is 290 g/mol. The lowest BCUT2D eigenvalue weighted by molar-refractivity contribution is -0.117. The smallest absolute Gasteiger partial charge is 0.262 e. The molecule has 1 fully saturated rings. The van der Waals surface area contributed by atoms with Crippen molar-refractivity contribution in [2.75, 3.05) is 6.54 Å². The lowest BCUT2D eigenvalue weighted by Crippen LogP contribution is -2.25. The van der Waals surface area contributed by atoms with Gasteiger partial charge in [0.15, 0.2) is 0 Å². The molecule has 0 radical (unpaired) electrons. The second-order valence-electron chi connectivity index (χ2n) is 5.27. The van der Waals surface area contributed by atoms with Crippen LogP contribution in [0.2, 0.25) is 0 Å². The zero-order chi connectivity index (χ0) is 16.1. The number of hydrogen-bond donors (Lipinski definition) is 1. The maximum Gasteiger partial charge on any atom is 0.262 e. The number of nitrogens with zero attached hydrogens (tertiary/aromatic N) is 3. The van der Waals surface area contributed by atoms with Gasteiger partial charge in [0.25, 0.3) is 12.3 Å². The Morgan fingerprint density at radius 3 is 2.91 bits per heavy atom. The van der Waals surface area contributed by atoms with E-state index in [4.69, 9.17) is 5.26 Å². The average molecular weight is 308 g/mol. The first-order chi connectivity index (χ1) is 10.5. The minimum Gasteiger partial charge on any atom is -0.351 e. The topological polar surface area (TPSA) is 70.7 Å². The number of carbonyl (C=O) groups is 1. The number of rotatable bonds is 7. The molecule has 0 unspecified atom stereocenters. The second kappa shape index (κ2) is 7.16. The molecule has 1 amide bonds. The summed E-state index contributed by atoms with van der Waals surface area (Å²) >= 11 is 0. The van der Waals surface area contributed by atoms with Gasteiger partial charge in [-0.25, -0.2) is 8.78 Å². The molecule has 1 N–H and O–H groups in total. The van der Waals surface area contributed by atoms with E-state index in [0.29, 0.717) is 18.2 Å². The number of alkyl halides is 2. The van der Waals surface area contributed by atoms with Crippen molar-refractivity contribution in [3.05, 3.63) is 23.0 Å². The molecule has 0 spiro atoms. The van der Waals surface area contributed by atoms with Crippen LogP contribution in [0.15, 0.2) is 11.6 Å². The zero-order valence-corrected chi connectivity index (χ0v) is 12.4. The van der Waals surface area contributed by atoms with Gasteiger partial charge < -0.3 is 5.32 Å². The summed E-state index contributed by atoms with van der Waals surface area (Å²) in [4.78, 5) is 11.8. The molecule has 1 saturated carbocycles. The van der Waals surface area contributed by atoms with E-state index in [2.05, 4.69) is 10.4 Å². The molecule has 5 nitrogen and oxygen atoms in total. The Kier molecular flexibility index (Phi) is 5.26. The van der Waals surface area contributed by atoms with Gasteiger partial charge in [0.1, 0.15) is 18.2 Å². The Balaban J connectivity index is 2.26. The fourth-order valence-corrected chi connectivity index (χ4v) is 2.05. The first kappa shape index (κ1) is 16.1. The number of carbonyl (C=O) groups excluding carboxylic acids is 1. The van der Waals surface area contributed by atoms with Crippen molar-refractivity contribution < 1.29 is 13.6 Å². The predicted molar refractivity (Wildman–Crippen MR) is 77.1 cm³/mol. The molecule has 1 aromatic heterocycles. The van der Waals surface area contributed by atoms with Crippen molar-refractivity contribution in [3.8, 4) is 6.07 Å². The lowest BCUT2D eigenvalue weighted by atomic mass is 10.2. The third-order valence-electron chi connectivity index (χ3n) is 3.33. The van der Waals surface area contributed by atoms with Gasteiger partial charge in [-0.15, -0.1) is 0 Å². The van der Waals surface area contributed by atoms with Crippen LogP contribution in [0.1, 0.15) is 43.5 Å². The molecule has 0 aromatic carbocycles. The Bertz CT molecular complexity index is 612. The molecule has 7 heteroatoms. The van der Waals surface area contributed by atoms with Crippen LogP contribution in [0, 0.1) is 11.3 Å². The van der Waals surface area contributed by atoms with Gasteiger partial charge in [0.2, 0.25) is 0 Å². The molecule has 118 valence electrons. The van der Waals surface area contributed by atoms with E-state index >= 15 is 0 Å². The normalized spacial score (nSPS) is 15.0. The first-order valence-corrected chi connectivity index (χ1v) is 7.31. The van der Waals surface area contributed by atoms with Gasteiger partial charge in [-0.3, -0.25) is 9.48 Å². The molecule has 1 aliphatic carbocycles. The number of aromatic nitrogens is 2. The summed E-state index contributed by atoms with van der Waals surface area (Å²) in [6.45, 7) is 1.81. The number of nitriles is 1. The molecular formula is C15H18F2N4O. The maximum atomic E-state index is 12.6. The summed E-state index contributed by atoms with van der Waals surface area (Å²) in [5, 5.41) is 15.9. The van der Waals surface area contributed by atoms with Gasteiger partial charge in [-0.1, -0.05) is 6.92 Å². The van der Waals surface area contributed by atoms with E-state index in [1.165, 1.54) is 10.8 Å². The monoisotopic (exact) mass is 308 g/mol. The fraction of sp³-hybridized carbons (Fsp3) is 0.533. The van der Waals surface area contributed by atoms with Crippen LogP contribution in [0.4, 0.5) is 8.78 Å². The molecule has 1 aromatic rings. The standard InChI is InChI=1S/C15H18F2N4O/c1-2-5-19-15(22)11(8-18)6-12-7-13(10-3-4-10)20-21(12)9-14(16)17/h6-7,10,14H,2-5,9H2,1H3,(H,19,22)/b11-6+. The van der Waals surface area contributed by atoms with E-state index in [0.717, 1.165) is 25.0 Å². The largest absolute Gasteiger partial charge is 0.351 e. The van der Waals surface area contributed by atoms with Crippen molar-refractivity contribution in [1.82, 2.24) is 15.1 Å². The minimum absolute atomic E-state index is 0.105. The van der Waals surface area contributed by atoms with E-state index in [1.807, 2.05) is 13.0 Å². The summed E-state index contributed by atoms with van der Waals surface area (Å²) in [6, 6.07) is 3.50. The molecule has 0 bridgehead atoms. The molecule has 1 aliphatic rings. The summed E-state index contributed by atoms with van der Waals surface area (Å²) in [7, 11) is 0. The van der Waals surface area contributed by atoms with Crippen LogP contribution in [0.25, 0.3) is 6.08 Å². The van der Waals surface area contributed by atoms with Crippen molar-refractivity contribution in [3.63, 3.8) is 0 Å². The van der Waals surface area contributed by atoms with Crippen molar-refractivity contribution in [2.24, 2.45) is 0 Å². The van der Waals surface area contributed by atoms with Crippen molar-refractivity contribution in [1.29, 1.82) is 5.26 Å². The number of halogens is 2. The molecule has 0 aliphatic heterocycles. The van der Waals surface area contributed by atoms with Crippen molar-refractivity contribution in [2.45, 2.75) is 45.1 Å². The number of nitrogens with one attached hydrogen (secondary N) is 1. The van der Waals surface area contributed by atoms with Crippen LogP contribution in [0.3, 0.4) is 0 Å². The Labute approximate surface area is 127 Å². The SMILES string of the molecule is CCCNC(=O)/C(C#N)=C/c1cc(C2CC2)nn1CC(F)F. The molecule has 0 saturated heterocycles. The quantitative estimate of drug-likeness (QED) is 0.621. The average Bonchev–Trinajstić information content (AvgIpc) is 3.25. The van der Waals surface area contributed by atoms with Crippen molar-refractivity contribution >= 4 is 12.0 Å². The second-order valence-corrected chi connectivity index (χ2v) is 5.27. The maximum absolute atomic E-state index is 12.6. The Morgan fingerprint density at radius 2 is 2.36 bits per heavy atom. The summed E-state index contributed by atoms with van der Waals surface area (Å²) in [6.07, 6.45) is 1.53. The number of amides is 1. The molecule has 22 heavy (non-hydrogen) atoms. The first-order valence-electron chi connectivity index (χ1n) is 7.31. The highest BCUT2D eigenvalue weighted by Crippen LogP contribution is 2.39. The van der Waals surface area contributed by atoms with Gasteiger partial charge in [-0.05, 0) is 31.4 Å². The van der Waals surface area contributed by atoms with Crippen LogP contribution in [-0.4, -0.2) is 28.7 Å².